The number of aryl methyl sites for hydroxylation is 1. The molecule has 0 radical (unpaired) electrons. The van der Waals surface area contributed by atoms with E-state index in [0.717, 1.165) is 33.8 Å². The Kier molecular flexibility index (Phi) is 5.27. The fourth-order valence-electron chi connectivity index (χ4n) is 3.25. The highest BCUT2D eigenvalue weighted by atomic mass is 32.1. The van der Waals surface area contributed by atoms with Crippen LogP contribution in [-0.4, -0.2) is 33.7 Å². The molecule has 0 saturated heterocycles. The smallest absolute Gasteiger partial charge is 0.271 e. The third kappa shape index (κ3) is 3.58. The number of ether oxygens (including phenoxy) is 1. The number of thiazole rings is 1. The number of rotatable bonds is 7. The van der Waals surface area contributed by atoms with E-state index in [4.69, 9.17) is 4.74 Å². The van der Waals surface area contributed by atoms with Gasteiger partial charge in [-0.3, -0.25) is 4.79 Å². The zero-order chi connectivity index (χ0) is 19.5. The number of hydrogen-bond acceptors (Lipinski definition) is 4. The molecule has 0 spiro atoms. The van der Waals surface area contributed by atoms with E-state index in [1.165, 1.54) is 11.3 Å². The molecule has 1 aromatic carbocycles. The van der Waals surface area contributed by atoms with Gasteiger partial charge in [-0.05, 0) is 24.3 Å². The van der Waals surface area contributed by atoms with E-state index >= 15 is 0 Å². The summed E-state index contributed by atoms with van der Waals surface area (Å²) in [6, 6.07) is 14.3. The van der Waals surface area contributed by atoms with Crippen LogP contribution in [0, 0.1) is 0 Å². The highest BCUT2D eigenvalue weighted by Gasteiger charge is 2.16. The van der Waals surface area contributed by atoms with Crippen LogP contribution in [0.5, 0.6) is 0 Å². The summed E-state index contributed by atoms with van der Waals surface area (Å²) in [5.41, 5.74) is 3.63. The van der Waals surface area contributed by atoms with Gasteiger partial charge in [0.1, 0.15) is 10.7 Å². The minimum absolute atomic E-state index is 0.164. The Hall–Kier alpha value is -2.90. The molecule has 3 heterocycles. The Morgan fingerprint density at radius 2 is 2.11 bits per heavy atom. The molecule has 4 aromatic rings. The Bertz CT molecular complexity index is 1110. The lowest BCUT2D eigenvalue weighted by atomic mass is 10.2. The number of nitrogens with zero attached hydrogens (tertiary/aromatic N) is 3. The zero-order valence-electron chi connectivity index (χ0n) is 15.9. The first-order valence-electron chi connectivity index (χ1n) is 9.09. The second kappa shape index (κ2) is 8.00. The van der Waals surface area contributed by atoms with Crippen LogP contribution in [0.4, 0.5) is 0 Å². The first-order valence-corrected chi connectivity index (χ1v) is 9.97. The maximum atomic E-state index is 12.5. The monoisotopic (exact) mass is 394 g/mol. The summed E-state index contributed by atoms with van der Waals surface area (Å²) in [7, 11) is 3.66. The van der Waals surface area contributed by atoms with Gasteiger partial charge in [-0.1, -0.05) is 18.2 Å². The van der Waals surface area contributed by atoms with E-state index in [1.54, 1.807) is 7.11 Å². The lowest BCUT2D eigenvalue weighted by Gasteiger charge is -2.08. The molecule has 4 rings (SSSR count). The third-order valence-electron chi connectivity index (χ3n) is 4.77. The summed E-state index contributed by atoms with van der Waals surface area (Å²) in [6.07, 6.45) is 1.96. The predicted octanol–water partition coefficient (Wildman–Crippen LogP) is 3.68. The van der Waals surface area contributed by atoms with Crippen molar-refractivity contribution in [2.24, 2.45) is 7.05 Å². The number of hydrogen-bond donors (Lipinski definition) is 1. The minimum atomic E-state index is -0.164. The SMILES string of the molecule is COCCn1c(-c2nc(C(=O)NCc3cccn3C)cs2)cc2ccccc21. The number of carbonyl (C=O) groups is 1. The number of aromatic nitrogens is 3. The van der Waals surface area contributed by atoms with Crippen molar-refractivity contribution in [2.75, 3.05) is 13.7 Å². The van der Waals surface area contributed by atoms with Gasteiger partial charge in [0, 0.05) is 48.9 Å². The van der Waals surface area contributed by atoms with Crippen LogP contribution in [0.3, 0.4) is 0 Å². The van der Waals surface area contributed by atoms with Crippen molar-refractivity contribution in [3.63, 3.8) is 0 Å². The number of benzene rings is 1. The van der Waals surface area contributed by atoms with Gasteiger partial charge < -0.3 is 19.2 Å². The van der Waals surface area contributed by atoms with Gasteiger partial charge in [0.25, 0.3) is 5.91 Å². The fraction of sp³-hybridized carbons (Fsp3) is 0.238. The van der Waals surface area contributed by atoms with Gasteiger partial charge in [-0.15, -0.1) is 11.3 Å². The minimum Gasteiger partial charge on any atom is -0.383 e. The van der Waals surface area contributed by atoms with Crippen LogP contribution in [-0.2, 0) is 24.9 Å². The number of carbonyl (C=O) groups excluding carboxylic acids is 1. The molecule has 0 atom stereocenters. The number of methoxy groups -OCH3 is 1. The summed E-state index contributed by atoms with van der Waals surface area (Å²) in [5, 5.41) is 6.73. The van der Waals surface area contributed by atoms with E-state index in [2.05, 4.69) is 33.1 Å². The molecule has 0 aliphatic carbocycles. The highest BCUT2D eigenvalue weighted by molar-refractivity contribution is 7.13. The summed E-state index contributed by atoms with van der Waals surface area (Å²) in [4.78, 5) is 17.1. The average molecular weight is 395 g/mol. The Morgan fingerprint density at radius 1 is 1.25 bits per heavy atom. The molecule has 0 saturated carbocycles. The molecule has 1 amide bonds. The number of para-hydroxylation sites is 1. The summed E-state index contributed by atoms with van der Waals surface area (Å²) in [6.45, 7) is 1.82. The molecule has 28 heavy (non-hydrogen) atoms. The van der Waals surface area contributed by atoms with Gasteiger partial charge in [0.15, 0.2) is 0 Å². The molecule has 0 bridgehead atoms. The van der Waals surface area contributed by atoms with Crippen molar-refractivity contribution >= 4 is 28.1 Å². The lowest BCUT2D eigenvalue weighted by molar-refractivity contribution is 0.0946. The van der Waals surface area contributed by atoms with Crippen molar-refractivity contribution < 1.29 is 9.53 Å². The fourth-order valence-corrected chi connectivity index (χ4v) is 4.07. The van der Waals surface area contributed by atoms with Gasteiger partial charge in [-0.2, -0.15) is 0 Å². The molecule has 1 N–H and O–H groups in total. The van der Waals surface area contributed by atoms with Crippen LogP contribution in [0.2, 0.25) is 0 Å². The normalized spacial score (nSPS) is 11.2. The summed E-state index contributed by atoms with van der Waals surface area (Å²) < 4.78 is 9.46. The maximum Gasteiger partial charge on any atom is 0.271 e. The second-order valence-electron chi connectivity index (χ2n) is 6.56. The molecule has 0 fully saturated rings. The molecule has 0 aliphatic heterocycles. The van der Waals surface area contributed by atoms with E-state index < -0.39 is 0 Å². The van der Waals surface area contributed by atoms with Gasteiger partial charge in [0.05, 0.1) is 18.8 Å². The molecule has 7 heteroatoms. The number of fused-ring (bicyclic) bond motifs is 1. The van der Waals surface area contributed by atoms with E-state index in [9.17, 15) is 4.79 Å². The molecule has 0 unspecified atom stereocenters. The average Bonchev–Trinajstić information content (AvgIpc) is 3.42. The standard InChI is InChI=1S/C21H22N4O2S/c1-24-9-5-7-16(24)13-22-20(26)17-14-28-21(23-17)19-12-15-6-3-4-8-18(15)25(19)10-11-27-2/h3-9,12,14H,10-11,13H2,1-2H3,(H,22,26). The Labute approximate surface area is 167 Å². The summed E-state index contributed by atoms with van der Waals surface area (Å²) >= 11 is 1.48. The van der Waals surface area contributed by atoms with Crippen LogP contribution in [0.25, 0.3) is 21.6 Å². The largest absolute Gasteiger partial charge is 0.383 e. The molecular formula is C21H22N4O2S. The molecule has 144 valence electrons. The topological polar surface area (TPSA) is 61.1 Å². The lowest BCUT2D eigenvalue weighted by Crippen LogP contribution is -2.24. The zero-order valence-corrected chi connectivity index (χ0v) is 16.7. The number of amides is 1. The Morgan fingerprint density at radius 3 is 2.89 bits per heavy atom. The van der Waals surface area contributed by atoms with E-state index in [-0.39, 0.29) is 5.91 Å². The highest BCUT2D eigenvalue weighted by Crippen LogP contribution is 2.30. The number of nitrogens with one attached hydrogen (secondary N) is 1. The van der Waals surface area contributed by atoms with Crippen molar-refractivity contribution in [2.45, 2.75) is 13.1 Å². The first kappa shape index (κ1) is 18.5. The van der Waals surface area contributed by atoms with Crippen molar-refractivity contribution in [3.8, 4) is 10.7 Å². The van der Waals surface area contributed by atoms with Gasteiger partial charge in [-0.25, -0.2) is 4.98 Å². The first-order chi connectivity index (χ1) is 13.7. The van der Waals surface area contributed by atoms with Crippen molar-refractivity contribution in [3.05, 3.63) is 65.4 Å². The van der Waals surface area contributed by atoms with Crippen LogP contribution in [0.15, 0.2) is 54.0 Å². The van der Waals surface area contributed by atoms with E-state index in [0.29, 0.717) is 18.8 Å². The van der Waals surface area contributed by atoms with Crippen LogP contribution < -0.4 is 5.32 Å². The second-order valence-corrected chi connectivity index (χ2v) is 7.42. The molecule has 3 aromatic heterocycles. The van der Waals surface area contributed by atoms with Gasteiger partial charge in [0.2, 0.25) is 0 Å². The summed E-state index contributed by atoms with van der Waals surface area (Å²) in [5.74, 6) is -0.164. The molecule has 0 aliphatic rings. The van der Waals surface area contributed by atoms with Crippen molar-refractivity contribution in [1.29, 1.82) is 0 Å². The molecular weight excluding hydrogens is 372 g/mol. The Balaban J connectivity index is 1.58. The predicted molar refractivity (Wildman–Crippen MR) is 112 cm³/mol. The quantitative estimate of drug-likeness (QED) is 0.520. The van der Waals surface area contributed by atoms with Gasteiger partial charge >= 0.3 is 0 Å². The van der Waals surface area contributed by atoms with Crippen LogP contribution in [0.1, 0.15) is 16.2 Å². The van der Waals surface area contributed by atoms with Crippen molar-refractivity contribution in [1.82, 2.24) is 19.4 Å². The van der Waals surface area contributed by atoms with Crippen LogP contribution >= 0.6 is 11.3 Å². The van der Waals surface area contributed by atoms with E-state index in [1.807, 2.05) is 47.5 Å². The third-order valence-corrected chi connectivity index (χ3v) is 5.63. The molecule has 6 nitrogen and oxygen atoms in total. The maximum absolute atomic E-state index is 12.5.